The van der Waals surface area contributed by atoms with Crippen LogP contribution >= 0.6 is 0 Å². The molecular formula is C23H19NO5. The molecule has 0 saturated carbocycles. The average Bonchev–Trinajstić information content (AvgIpc) is 2.78. The first kappa shape index (κ1) is 19.8. The Balaban J connectivity index is 1.61. The first-order valence-electron chi connectivity index (χ1n) is 8.88. The normalized spacial score (nSPS) is 10.1. The summed E-state index contributed by atoms with van der Waals surface area (Å²) >= 11 is 0. The summed E-state index contributed by atoms with van der Waals surface area (Å²) < 4.78 is 9.98. The van der Waals surface area contributed by atoms with Gasteiger partial charge in [0.1, 0.15) is 6.61 Å². The molecule has 3 aromatic rings. The molecule has 0 unspecified atom stereocenters. The Morgan fingerprint density at radius 3 is 1.97 bits per heavy atom. The van der Waals surface area contributed by atoms with Crippen LogP contribution in [-0.2, 0) is 16.1 Å². The maximum atomic E-state index is 12.3. The number of ether oxygens (including phenoxy) is 2. The first-order chi connectivity index (χ1) is 14.1. The number of hydrogen-bond acceptors (Lipinski definition) is 5. The minimum absolute atomic E-state index is 0.00885. The van der Waals surface area contributed by atoms with Gasteiger partial charge in [-0.25, -0.2) is 9.59 Å². The summed E-state index contributed by atoms with van der Waals surface area (Å²) in [7, 11) is 1.25. The van der Waals surface area contributed by atoms with Gasteiger partial charge in [-0.15, -0.1) is 0 Å². The monoisotopic (exact) mass is 389 g/mol. The van der Waals surface area contributed by atoms with E-state index in [4.69, 9.17) is 4.74 Å². The summed E-state index contributed by atoms with van der Waals surface area (Å²) in [6.07, 6.45) is 0. The van der Waals surface area contributed by atoms with Gasteiger partial charge in [0.25, 0.3) is 5.91 Å². The molecule has 0 radical (unpaired) electrons. The van der Waals surface area contributed by atoms with Crippen molar-refractivity contribution in [2.75, 3.05) is 12.4 Å². The molecule has 0 atom stereocenters. The third-order valence-corrected chi connectivity index (χ3v) is 4.17. The largest absolute Gasteiger partial charge is 0.465 e. The molecule has 0 fully saturated rings. The van der Waals surface area contributed by atoms with Crippen LogP contribution in [0.2, 0.25) is 0 Å². The zero-order valence-electron chi connectivity index (χ0n) is 15.8. The van der Waals surface area contributed by atoms with Gasteiger partial charge >= 0.3 is 11.9 Å². The zero-order valence-corrected chi connectivity index (χ0v) is 15.8. The Hall–Kier alpha value is -3.93. The molecule has 0 spiro atoms. The van der Waals surface area contributed by atoms with E-state index in [-0.39, 0.29) is 23.6 Å². The molecule has 0 aliphatic heterocycles. The second-order valence-electron chi connectivity index (χ2n) is 6.13. The highest BCUT2D eigenvalue weighted by molar-refractivity contribution is 6.04. The number of rotatable bonds is 6. The van der Waals surface area contributed by atoms with Crippen LogP contribution in [0.1, 0.15) is 36.6 Å². The Morgan fingerprint density at radius 2 is 1.34 bits per heavy atom. The third kappa shape index (κ3) is 5.07. The van der Waals surface area contributed by atoms with Crippen LogP contribution in [0.5, 0.6) is 0 Å². The Kier molecular flexibility index (Phi) is 6.37. The van der Waals surface area contributed by atoms with Crippen molar-refractivity contribution in [1.82, 2.24) is 0 Å². The topological polar surface area (TPSA) is 81.7 Å². The fraction of sp³-hybridized carbons (Fsp3) is 0.0870. The van der Waals surface area contributed by atoms with Gasteiger partial charge in [-0.3, -0.25) is 4.79 Å². The van der Waals surface area contributed by atoms with Gasteiger partial charge in [0.15, 0.2) is 0 Å². The number of hydrogen-bond donors (Lipinski definition) is 1. The predicted molar refractivity (Wildman–Crippen MR) is 108 cm³/mol. The maximum Gasteiger partial charge on any atom is 0.339 e. The molecule has 0 saturated heterocycles. The highest BCUT2D eigenvalue weighted by Crippen LogP contribution is 2.14. The Labute approximate surface area is 168 Å². The van der Waals surface area contributed by atoms with Gasteiger partial charge in [0.05, 0.1) is 18.2 Å². The number of benzene rings is 3. The second-order valence-corrected chi connectivity index (χ2v) is 6.13. The average molecular weight is 389 g/mol. The summed E-state index contributed by atoms with van der Waals surface area (Å²) in [6, 6.07) is 22.2. The Morgan fingerprint density at radius 1 is 0.759 bits per heavy atom. The van der Waals surface area contributed by atoms with E-state index in [0.717, 1.165) is 0 Å². The minimum Gasteiger partial charge on any atom is -0.465 e. The molecular weight excluding hydrogens is 370 g/mol. The number of nitrogens with one attached hydrogen (secondary N) is 1. The summed E-state index contributed by atoms with van der Waals surface area (Å²) in [5, 5.41) is 2.80. The highest BCUT2D eigenvalue weighted by Gasteiger charge is 2.18. The lowest BCUT2D eigenvalue weighted by Crippen LogP contribution is -2.13. The molecule has 0 aromatic heterocycles. The van der Waals surface area contributed by atoms with E-state index in [1.54, 1.807) is 48.5 Å². The third-order valence-electron chi connectivity index (χ3n) is 4.17. The molecule has 0 aliphatic rings. The van der Waals surface area contributed by atoms with Crippen molar-refractivity contribution in [2.24, 2.45) is 0 Å². The van der Waals surface area contributed by atoms with Gasteiger partial charge in [0, 0.05) is 11.3 Å². The number of para-hydroxylation sites is 1. The molecule has 6 heteroatoms. The van der Waals surface area contributed by atoms with E-state index in [1.165, 1.54) is 19.2 Å². The second kappa shape index (κ2) is 9.32. The van der Waals surface area contributed by atoms with E-state index < -0.39 is 11.9 Å². The SMILES string of the molecule is COC(=O)c1ccccc1C(=O)OCc1ccc(C(=O)Nc2ccccc2)cc1. The fourth-order valence-electron chi connectivity index (χ4n) is 2.65. The lowest BCUT2D eigenvalue weighted by molar-refractivity contribution is 0.0457. The lowest BCUT2D eigenvalue weighted by Gasteiger charge is -2.09. The minimum atomic E-state index is -0.628. The van der Waals surface area contributed by atoms with Crippen LogP contribution in [0.4, 0.5) is 5.69 Å². The van der Waals surface area contributed by atoms with Crippen molar-refractivity contribution in [3.63, 3.8) is 0 Å². The van der Waals surface area contributed by atoms with E-state index in [9.17, 15) is 14.4 Å². The number of esters is 2. The van der Waals surface area contributed by atoms with Gasteiger partial charge in [-0.2, -0.15) is 0 Å². The molecule has 0 aliphatic carbocycles. The van der Waals surface area contributed by atoms with Crippen molar-refractivity contribution in [2.45, 2.75) is 6.61 Å². The standard InChI is InChI=1S/C23H19NO5/c1-28-22(26)19-9-5-6-10-20(19)23(27)29-15-16-11-13-17(14-12-16)21(25)24-18-7-3-2-4-8-18/h2-14H,15H2,1H3,(H,24,25). The number of amides is 1. The molecule has 3 aromatic carbocycles. The molecule has 1 amide bonds. The molecule has 1 N–H and O–H groups in total. The van der Waals surface area contributed by atoms with Crippen LogP contribution < -0.4 is 5.32 Å². The summed E-state index contributed by atoms with van der Waals surface area (Å²) in [5.41, 5.74) is 2.19. The zero-order chi connectivity index (χ0) is 20.6. The van der Waals surface area contributed by atoms with Crippen LogP contribution in [0, 0.1) is 0 Å². The van der Waals surface area contributed by atoms with E-state index in [1.807, 2.05) is 18.2 Å². The maximum absolute atomic E-state index is 12.3. The molecule has 3 rings (SSSR count). The van der Waals surface area contributed by atoms with Crippen molar-refractivity contribution in [3.05, 3.63) is 101 Å². The molecule has 6 nitrogen and oxygen atoms in total. The number of methoxy groups -OCH3 is 1. The summed E-state index contributed by atoms with van der Waals surface area (Å²) in [4.78, 5) is 36.4. The van der Waals surface area contributed by atoms with Crippen molar-refractivity contribution >= 4 is 23.5 Å². The molecule has 0 bridgehead atoms. The lowest BCUT2D eigenvalue weighted by atomic mass is 10.1. The summed E-state index contributed by atoms with van der Waals surface area (Å²) in [5.74, 6) is -1.46. The van der Waals surface area contributed by atoms with Gasteiger partial charge in [-0.05, 0) is 42.0 Å². The predicted octanol–water partition coefficient (Wildman–Crippen LogP) is 4.08. The Bertz CT molecular complexity index is 1010. The smallest absolute Gasteiger partial charge is 0.339 e. The summed E-state index contributed by atoms with van der Waals surface area (Å²) in [6.45, 7) is 0.00885. The molecule has 146 valence electrons. The number of carbonyl (C=O) groups is 3. The number of anilines is 1. The number of carbonyl (C=O) groups excluding carboxylic acids is 3. The van der Waals surface area contributed by atoms with E-state index in [0.29, 0.717) is 16.8 Å². The van der Waals surface area contributed by atoms with Crippen LogP contribution in [-0.4, -0.2) is 25.0 Å². The van der Waals surface area contributed by atoms with Crippen molar-refractivity contribution < 1.29 is 23.9 Å². The first-order valence-corrected chi connectivity index (χ1v) is 8.88. The fourth-order valence-corrected chi connectivity index (χ4v) is 2.65. The quantitative estimate of drug-likeness (QED) is 0.643. The van der Waals surface area contributed by atoms with Gasteiger partial charge in [-0.1, -0.05) is 42.5 Å². The van der Waals surface area contributed by atoms with Crippen LogP contribution in [0.3, 0.4) is 0 Å². The van der Waals surface area contributed by atoms with E-state index in [2.05, 4.69) is 10.1 Å². The van der Waals surface area contributed by atoms with Gasteiger partial charge < -0.3 is 14.8 Å². The molecule has 0 heterocycles. The highest BCUT2D eigenvalue weighted by atomic mass is 16.5. The molecule has 29 heavy (non-hydrogen) atoms. The van der Waals surface area contributed by atoms with Gasteiger partial charge in [0.2, 0.25) is 0 Å². The van der Waals surface area contributed by atoms with Crippen LogP contribution in [0.25, 0.3) is 0 Å². The van der Waals surface area contributed by atoms with Crippen molar-refractivity contribution in [1.29, 1.82) is 0 Å². The van der Waals surface area contributed by atoms with E-state index >= 15 is 0 Å². The van der Waals surface area contributed by atoms with Crippen LogP contribution in [0.15, 0.2) is 78.9 Å². The van der Waals surface area contributed by atoms with Crippen molar-refractivity contribution in [3.8, 4) is 0 Å².